The molecule has 0 saturated heterocycles. The number of nitrogens with one attached hydrogen (secondary N) is 1. The molecular weight excluding hydrogens is 285 g/mol. The van der Waals surface area contributed by atoms with Crippen LogP contribution in [0.25, 0.3) is 0 Å². The molecule has 21 heavy (non-hydrogen) atoms. The molecule has 1 N–H and O–H groups in total. The minimum atomic E-state index is -4.58. The number of hydrogen-bond donors (Lipinski definition) is 1. The standard InChI is InChI=1S/C14H19F3N2O2/c1-9(2)6-12(18-3)7-10-4-5-11(14(15,16)17)8-13(10)19(20)21/h4-5,8-9,12,18H,6-7H2,1-3H3. The number of nitrogens with zero attached hydrogens (tertiary/aromatic N) is 1. The van der Waals surface area contributed by atoms with Gasteiger partial charge in [-0.3, -0.25) is 10.1 Å². The van der Waals surface area contributed by atoms with Crippen molar-refractivity contribution in [2.24, 2.45) is 5.92 Å². The molecule has 1 aromatic rings. The van der Waals surface area contributed by atoms with Gasteiger partial charge in [-0.05, 0) is 31.9 Å². The maximum absolute atomic E-state index is 12.6. The molecule has 0 radical (unpaired) electrons. The van der Waals surface area contributed by atoms with E-state index in [0.29, 0.717) is 24.0 Å². The van der Waals surface area contributed by atoms with Gasteiger partial charge in [0.1, 0.15) is 0 Å². The molecular formula is C14H19F3N2O2. The number of nitro benzene ring substituents is 1. The fraction of sp³-hybridized carbons (Fsp3) is 0.571. The molecule has 0 aromatic heterocycles. The topological polar surface area (TPSA) is 55.2 Å². The zero-order chi connectivity index (χ0) is 16.2. The highest BCUT2D eigenvalue weighted by atomic mass is 19.4. The normalized spacial score (nSPS) is 13.5. The lowest BCUT2D eigenvalue weighted by Crippen LogP contribution is -2.29. The lowest BCUT2D eigenvalue weighted by molar-refractivity contribution is -0.385. The van der Waals surface area contributed by atoms with Gasteiger partial charge >= 0.3 is 6.18 Å². The van der Waals surface area contributed by atoms with Crippen molar-refractivity contribution in [3.05, 3.63) is 39.4 Å². The minimum Gasteiger partial charge on any atom is -0.317 e. The number of hydrogen-bond acceptors (Lipinski definition) is 3. The molecule has 0 bridgehead atoms. The summed E-state index contributed by atoms with van der Waals surface area (Å²) in [6, 6.07) is 2.69. The summed E-state index contributed by atoms with van der Waals surface area (Å²) in [6.07, 6.45) is -3.47. The minimum absolute atomic E-state index is 0.0135. The molecule has 0 aliphatic heterocycles. The summed E-state index contributed by atoms with van der Waals surface area (Å²) in [5.41, 5.74) is -1.16. The van der Waals surface area contributed by atoms with Crippen molar-refractivity contribution >= 4 is 5.69 Å². The van der Waals surface area contributed by atoms with Crippen LogP contribution in [0.5, 0.6) is 0 Å². The van der Waals surface area contributed by atoms with Crippen molar-refractivity contribution in [3.63, 3.8) is 0 Å². The lowest BCUT2D eigenvalue weighted by Gasteiger charge is -2.18. The molecule has 0 aliphatic carbocycles. The van der Waals surface area contributed by atoms with Gasteiger partial charge in [-0.2, -0.15) is 13.2 Å². The molecule has 1 unspecified atom stereocenters. The van der Waals surface area contributed by atoms with Gasteiger partial charge in [-0.25, -0.2) is 0 Å². The van der Waals surface area contributed by atoms with Crippen LogP contribution in [0.2, 0.25) is 0 Å². The first-order chi connectivity index (χ1) is 9.65. The van der Waals surface area contributed by atoms with Gasteiger partial charge in [0, 0.05) is 17.7 Å². The van der Waals surface area contributed by atoms with E-state index in [2.05, 4.69) is 5.32 Å². The Morgan fingerprint density at radius 2 is 1.95 bits per heavy atom. The summed E-state index contributed by atoms with van der Waals surface area (Å²) in [5, 5.41) is 14.1. The van der Waals surface area contributed by atoms with Crippen LogP contribution < -0.4 is 5.32 Å². The quantitative estimate of drug-likeness (QED) is 0.642. The third-order valence-corrected chi connectivity index (χ3v) is 3.24. The Balaban J connectivity index is 3.09. The highest BCUT2D eigenvalue weighted by Crippen LogP contribution is 2.33. The molecule has 1 atom stereocenters. The van der Waals surface area contributed by atoms with Crippen molar-refractivity contribution in [1.82, 2.24) is 5.32 Å². The molecule has 0 heterocycles. The van der Waals surface area contributed by atoms with Gasteiger partial charge in [0.2, 0.25) is 0 Å². The van der Waals surface area contributed by atoms with Crippen LogP contribution >= 0.6 is 0 Å². The molecule has 7 heteroatoms. The Labute approximate surface area is 121 Å². The average molecular weight is 304 g/mol. The van der Waals surface area contributed by atoms with E-state index in [-0.39, 0.29) is 6.04 Å². The summed E-state index contributed by atoms with van der Waals surface area (Å²) < 4.78 is 37.9. The van der Waals surface area contributed by atoms with E-state index in [4.69, 9.17) is 0 Å². The van der Waals surface area contributed by atoms with Crippen LogP contribution in [0.1, 0.15) is 31.4 Å². The maximum Gasteiger partial charge on any atom is 0.416 e. The Morgan fingerprint density at radius 3 is 2.38 bits per heavy atom. The third-order valence-electron chi connectivity index (χ3n) is 3.24. The number of rotatable bonds is 6. The predicted molar refractivity (Wildman–Crippen MR) is 74.1 cm³/mol. The van der Waals surface area contributed by atoms with Crippen molar-refractivity contribution in [1.29, 1.82) is 0 Å². The summed E-state index contributed by atoms with van der Waals surface area (Å²) in [6.45, 7) is 4.04. The van der Waals surface area contributed by atoms with Gasteiger partial charge in [0.15, 0.2) is 0 Å². The fourth-order valence-electron chi connectivity index (χ4n) is 2.22. The van der Waals surface area contributed by atoms with E-state index in [1.807, 2.05) is 13.8 Å². The Morgan fingerprint density at radius 1 is 1.33 bits per heavy atom. The monoisotopic (exact) mass is 304 g/mol. The average Bonchev–Trinajstić information content (AvgIpc) is 2.36. The van der Waals surface area contributed by atoms with E-state index >= 15 is 0 Å². The summed E-state index contributed by atoms with van der Waals surface area (Å²) in [4.78, 5) is 10.3. The Kier molecular flexibility index (Phi) is 5.71. The summed E-state index contributed by atoms with van der Waals surface area (Å²) in [7, 11) is 1.74. The molecule has 1 aromatic carbocycles. The molecule has 0 aliphatic rings. The number of nitro groups is 1. The van der Waals surface area contributed by atoms with E-state index in [1.165, 1.54) is 6.07 Å². The molecule has 0 amide bonds. The number of likely N-dealkylation sites (N-methyl/N-ethyl adjacent to an activating group) is 1. The van der Waals surface area contributed by atoms with Crippen LogP contribution in [-0.4, -0.2) is 18.0 Å². The van der Waals surface area contributed by atoms with Crippen molar-refractivity contribution < 1.29 is 18.1 Å². The number of benzene rings is 1. The van der Waals surface area contributed by atoms with Gasteiger partial charge in [-0.15, -0.1) is 0 Å². The van der Waals surface area contributed by atoms with Crippen LogP contribution in [0.15, 0.2) is 18.2 Å². The molecule has 118 valence electrons. The van der Waals surface area contributed by atoms with Gasteiger partial charge < -0.3 is 5.32 Å². The molecule has 0 fully saturated rings. The van der Waals surface area contributed by atoms with Crippen LogP contribution in [0.4, 0.5) is 18.9 Å². The molecule has 0 spiro atoms. The lowest BCUT2D eigenvalue weighted by atomic mass is 9.95. The first-order valence-corrected chi connectivity index (χ1v) is 6.67. The SMILES string of the molecule is CNC(Cc1ccc(C(F)(F)F)cc1[N+](=O)[O-])CC(C)C. The number of alkyl halides is 3. The second kappa shape index (κ2) is 6.89. The van der Waals surface area contributed by atoms with E-state index in [1.54, 1.807) is 7.05 Å². The zero-order valence-electron chi connectivity index (χ0n) is 12.2. The molecule has 1 rings (SSSR count). The third kappa shape index (κ3) is 5.00. The van der Waals surface area contributed by atoms with Gasteiger partial charge in [-0.1, -0.05) is 19.9 Å². The molecule has 0 saturated carbocycles. The van der Waals surface area contributed by atoms with Crippen LogP contribution in [-0.2, 0) is 12.6 Å². The Bertz CT molecular complexity index is 501. The Hall–Kier alpha value is -1.63. The van der Waals surface area contributed by atoms with Gasteiger partial charge in [0.05, 0.1) is 10.5 Å². The summed E-state index contributed by atoms with van der Waals surface area (Å²) in [5.74, 6) is 0.385. The van der Waals surface area contributed by atoms with Crippen molar-refractivity contribution in [2.75, 3.05) is 7.05 Å². The second-order valence-electron chi connectivity index (χ2n) is 5.42. The highest BCUT2D eigenvalue weighted by molar-refractivity contribution is 5.44. The summed E-state index contributed by atoms with van der Waals surface area (Å²) >= 11 is 0. The van der Waals surface area contributed by atoms with Crippen LogP contribution in [0, 0.1) is 16.0 Å². The van der Waals surface area contributed by atoms with Gasteiger partial charge in [0.25, 0.3) is 5.69 Å². The number of halogens is 3. The fourth-order valence-corrected chi connectivity index (χ4v) is 2.22. The predicted octanol–water partition coefficient (Wildman–Crippen LogP) is 3.79. The van der Waals surface area contributed by atoms with Crippen LogP contribution in [0.3, 0.4) is 0 Å². The van der Waals surface area contributed by atoms with Crippen molar-refractivity contribution in [3.8, 4) is 0 Å². The largest absolute Gasteiger partial charge is 0.416 e. The second-order valence-corrected chi connectivity index (χ2v) is 5.42. The van der Waals surface area contributed by atoms with E-state index < -0.39 is 22.4 Å². The highest BCUT2D eigenvalue weighted by Gasteiger charge is 2.33. The molecule has 4 nitrogen and oxygen atoms in total. The van der Waals surface area contributed by atoms with E-state index in [9.17, 15) is 23.3 Å². The first kappa shape index (κ1) is 17.4. The van der Waals surface area contributed by atoms with Crippen molar-refractivity contribution in [2.45, 2.75) is 38.9 Å². The first-order valence-electron chi connectivity index (χ1n) is 6.67. The zero-order valence-corrected chi connectivity index (χ0v) is 12.2. The maximum atomic E-state index is 12.6. The smallest absolute Gasteiger partial charge is 0.317 e. The van der Waals surface area contributed by atoms with E-state index in [0.717, 1.165) is 12.5 Å².